The van der Waals surface area contributed by atoms with Crippen LogP contribution in [0.2, 0.25) is 0 Å². The van der Waals surface area contributed by atoms with E-state index in [9.17, 15) is 9.59 Å². The number of aliphatic imine (C=N–C) groups is 1. The van der Waals surface area contributed by atoms with Gasteiger partial charge in [0.05, 0.1) is 17.3 Å². The first kappa shape index (κ1) is 19.7. The lowest BCUT2D eigenvalue weighted by Crippen LogP contribution is -2.45. The Balaban J connectivity index is 1.53. The van der Waals surface area contributed by atoms with Crippen LogP contribution in [0.1, 0.15) is 30.5 Å². The van der Waals surface area contributed by atoms with Crippen LogP contribution in [-0.2, 0) is 20.9 Å². The predicted molar refractivity (Wildman–Crippen MR) is 116 cm³/mol. The molecule has 1 amide bonds. The molecule has 0 radical (unpaired) electrons. The van der Waals surface area contributed by atoms with Crippen LogP contribution in [0.3, 0.4) is 0 Å². The molecule has 1 unspecified atom stereocenters. The summed E-state index contributed by atoms with van der Waals surface area (Å²) >= 11 is 1.52. The fraction of sp³-hybridized carbons (Fsp3) is 0.261. The molecule has 31 heavy (non-hydrogen) atoms. The van der Waals surface area contributed by atoms with E-state index < -0.39 is 12.0 Å². The van der Waals surface area contributed by atoms with Crippen molar-refractivity contribution < 1.29 is 23.8 Å². The van der Waals surface area contributed by atoms with Gasteiger partial charge in [-0.3, -0.25) is 9.69 Å². The van der Waals surface area contributed by atoms with Gasteiger partial charge in [-0.25, -0.2) is 9.79 Å². The van der Waals surface area contributed by atoms with Gasteiger partial charge in [0.1, 0.15) is 6.61 Å². The van der Waals surface area contributed by atoms with Crippen molar-refractivity contribution in [1.29, 1.82) is 0 Å². The van der Waals surface area contributed by atoms with Gasteiger partial charge >= 0.3 is 5.97 Å². The Morgan fingerprint density at radius 3 is 2.84 bits per heavy atom. The van der Waals surface area contributed by atoms with Crippen LogP contribution in [0.5, 0.6) is 11.5 Å². The zero-order valence-electron chi connectivity index (χ0n) is 16.9. The Hall–Kier alpha value is -3.26. The van der Waals surface area contributed by atoms with Crippen LogP contribution in [0.25, 0.3) is 0 Å². The summed E-state index contributed by atoms with van der Waals surface area (Å²) in [4.78, 5) is 32.3. The highest BCUT2D eigenvalue weighted by Gasteiger charge is 2.42. The van der Waals surface area contributed by atoms with Gasteiger partial charge in [0.2, 0.25) is 12.7 Å². The van der Waals surface area contributed by atoms with E-state index in [0.717, 1.165) is 11.1 Å². The summed E-state index contributed by atoms with van der Waals surface area (Å²) in [5.74, 6) is 1.34. The molecule has 2 aromatic carbocycles. The quantitative estimate of drug-likeness (QED) is 0.679. The molecule has 0 bridgehead atoms. The fourth-order valence-corrected chi connectivity index (χ4v) is 4.86. The molecule has 1 atom stereocenters. The summed E-state index contributed by atoms with van der Waals surface area (Å²) in [5.41, 5.74) is 2.54. The smallest absolute Gasteiger partial charge is 0.338 e. The summed E-state index contributed by atoms with van der Waals surface area (Å²) in [6.07, 6.45) is 0.385. The largest absolute Gasteiger partial charge is 0.457 e. The lowest BCUT2D eigenvalue weighted by atomic mass is 9.94. The molecule has 8 heteroatoms. The SMILES string of the molecule is CC1=C(C(=O)OCc2ccccc2)C(c2ccc3c(c2)OCO3)N2C(=O)CCSC2=N1. The number of nitrogens with zero attached hydrogens (tertiary/aromatic N) is 2. The first-order valence-electron chi connectivity index (χ1n) is 9.97. The number of hydrogen-bond acceptors (Lipinski definition) is 7. The van der Waals surface area contributed by atoms with Crippen molar-refractivity contribution in [2.24, 2.45) is 4.99 Å². The molecule has 0 saturated carbocycles. The summed E-state index contributed by atoms with van der Waals surface area (Å²) in [5, 5.41) is 0.607. The van der Waals surface area contributed by atoms with Gasteiger partial charge in [-0.15, -0.1) is 0 Å². The molecule has 1 fully saturated rings. The Morgan fingerprint density at radius 1 is 1.19 bits per heavy atom. The van der Waals surface area contributed by atoms with Crippen LogP contribution in [0, 0.1) is 0 Å². The molecule has 5 rings (SSSR count). The first-order chi connectivity index (χ1) is 15.1. The average Bonchev–Trinajstić information content (AvgIpc) is 3.25. The van der Waals surface area contributed by atoms with Crippen LogP contribution < -0.4 is 9.47 Å². The van der Waals surface area contributed by atoms with E-state index >= 15 is 0 Å². The molecular weight excluding hydrogens is 416 g/mol. The molecule has 0 aliphatic carbocycles. The van der Waals surface area contributed by atoms with Crippen molar-refractivity contribution in [3.63, 3.8) is 0 Å². The number of carbonyl (C=O) groups is 2. The second kappa shape index (κ2) is 8.11. The monoisotopic (exact) mass is 436 g/mol. The standard InChI is InChI=1S/C23H20N2O5S/c1-14-20(22(27)28-12-15-5-3-2-4-6-15)21(25-19(26)9-10-31-23(25)24-14)16-7-8-17-18(11-16)30-13-29-17/h2-8,11,21H,9-10,12-13H2,1H3. The average molecular weight is 436 g/mol. The number of carbonyl (C=O) groups excluding carboxylic acids is 2. The van der Waals surface area contributed by atoms with Crippen LogP contribution in [-0.4, -0.2) is 34.5 Å². The molecule has 3 aliphatic heterocycles. The highest BCUT2D eigenvalue weighted by Crippen LogP contribution is 2.43. The van der Waals surface area contributed by atoms with Crippen molar-refractivity contribution in [3.05, 3.63) is 70.9 Å². The third kappa shape index (κ3) is 3.67. The highest BCUT2D eigenvalue weighted by atomic mass is 32.2. The molecule has 0 N–H and O–H groups in total. The molecular formula is C23H20N2O5S. The summed E-state index contributed by atoms with van der Waals surface area (Å²) < 4.78 is 16.6. The Morgan fingerprint density at radius 2 is 2.00 bits per heavy atom. The van der Waals surface area contributed by atoms with E-state index in [2.05, 4.69) is 4.99 Å². The summed E-state index contributed by atoms with van der Waals surface area (Å²) in [6, 6.07) is 14.3. The molecule has 2 aromatic rings. The van der Waals surface area contributed by atoms with E-state index in [1.165, 1.54) is 11.8 Å². The van der Waals surface area contributed by atoms with E-state index in [-0.39, 0.29) is 19.3 Å². The minimum Gasteiger partial charge on any atom is -0.457 e. The Bertz CT molecular complexity index is 1110. The summed E-state index contributed by atoms with van der Waals surface area (Å²) in [6.45, 7) is 2.07. The number of thioether (sulfide) groups is 1. The Kier molecular flexibility index (Phi) is 5.15. The number of hydrogen-bond donors (Lipinski definition) is 0. The lowest BCUT2D eigenvalue weighted by molar-refractivity contribution is -0.141. The normalized spacial score (nSPS) is 19.8. The lowest BCUT2D eigenvalue weighted by Gasteiger charge is -2.38. The molecule has 3 heterocycles. The van der Waals surface area contributed by atoms with Crippen LogP contribution in [0.4, 0.5) is 0 Å². The highest BCUT2D eigenvalue weighted by molar-refractivity contribution is 8.14. The van der Waals surface area contributed by atoms with Crippen molar-refractivity contribution >= 4 is 28.8 Å². The number of amides is 1. The summed E-state index contributed by atoms with van der Waals surface area (Å²) in [7, 11) is 0. The second-order valence-corrected chi connectivity index (χ2v) is 8.39. The van der Waals surface area contributed by atoms with Crippen molar-refractivity contribution in [3.8, 4) is 11.5 Å². The van der Waals surface area contributed by atoms with Gasteiger partial charge in [-0.2, -0.15) is 0 Å². The minimum absolute atomic E-state index is 0.0685. The van der Waals surface area contributed by atoms with Gasteiger partial charge < -0.3 is 14.2 Å². The van der Waals surface area contributed by atoms with E-state index in [1.807, 2.05) is 42.5 Å². The third-order valence-electron chi connectivity index (χ3n) is 5.35. The van der Waals surface area contributed by atoms with Gasteiger partial charge in [-0.1, -0.05) is 48.2 Å². The van der Waals surface area contributed by atoms with Gasteiger partial charge in [0.15, 0.2) is 16.7 Å². The molecule has 158 valence electrons. The van der Waals surface area contributed by atoms with E-state index in [0.29, 0.717) is 40.1 Å². The predicted octanol–water partition coefficient (Wildman–Crippen LogP) is 3.81. The minimum atomic E-state index is -0.634. The number of esters is 1. The fourth-order valence-electron chi connectivity index (χ4n) is 3.86. The zero-order chi connectivity index (χ0) is 21.4. The number of ether oxygens (including phenoxy) is 3. The maximum atomic E-state index is 13.2. The second-order valence-electron chi connectivity index (χ2n) is 7.33. The van der Waals surface area contributed by atoms with Gasteiger partial charge in [-0.05, 0) is 30.2 Å². The maximum Gasteiger partial charge on any atom is 0.338 e. The third-order valence-corrected chi connectivity index (χ3v) is 6.31. The van der Waals surface area contributed by atoms with Gasteiger partial charge in [0, 0.05) is 12.2 Å². The number of allylic oxidation sites excluding steroid dienone is 1. The van der Waals surface area contributed by atoms with Crippen molar-refractivity contribution in [2.45, 2.75) is 26.0 Å². The molecule has 0 aromatic heterocycles. The van der Waals surface area contributed by atoms with Crippen LogP contribution in [0.15, 0.2) is 64.8 Å². The first-order valence-corrected chi connectivity index (χ1v) is 11.0. The van der Waals surface area contributed by atoms with Gasteiger partial charge in [0.25, 0.3) is 0 Å². The molecule has 1 saturated heterocycles. The Labute approximate surface area is 183 Å². The van der Waals surface area contributed by atoms with Crippen molar-refractivity contribution in [2.75, 3.05) is 12.5 Å². The maximum absolute atomic E-state index is 13.2. The number of fused-ring (bicyclic) bond motifs is 2. The number of amidine groups is 1. The molecule has 7 nitrogen and oxygen atoms in total. The molecule has 3 aliphatic rings. The zero-order valence-corrected chi connectivity index (χ0v) is 17.7. The van der Waals surface area contributed by atoms with E-state index in [4.69, 9.17) is 14.2 Å². The van der Waals surface area contributed by atoms with E-state index in [1.54, 1.807) is 17.9 Å². The van der Waals surface area contributed by atoms with Crippen molar-refractivity contribution in [1.82, 2.24) is 4.90 Å². The molecule has 0 spiro atoms. The topological polar surface area (TPSA) is 77.4 Å². The number of benzene rings is 2. The van der Waals surface area contributed by atoms with Crippen LogP contribution >= 0.6 is 11.8 Å². The number of rotatable bonds is 4.